The van der Waals surface area contributed by atoms with E-state index in [0.717, 1.165) is 32.4 Å². The molecule has 1 rings (SSSR count). The van der Waals surface area contributed by atoms with Crippen LogP contribution in [0.3, 0.4) is 0 Å². The van der Waals surface area contributed by atoms with Gasteiger partial charge in [-0.2, -0.15) is 0 Å². The summed E-state index contributed by atoms with van der Waals surface area (Å²) >= 11 is 0. The zero-order valence-corrected chi connectivity index (χ0v) is 7.43. The van der Waals surface area contributed by atoms with Crippen molar-refractivity contribution in [3.63, 3.8) is 0 Å². The molecule has 2 atom stereocenters. The molecule has 2 nitrogen and oxygen atoms in total. The summed E-state index contributed by atoms with van der Waals surface area (Å²) in [4.78, 5) is 0. The van der Waals surface area contributed by atoms with E-state index in [1.165, 1.54) is 0 Å². The van der Waals surface area contributed by atoms with Crippen LogP contribution in [0.4, 0.5) is 4.39 Å². The maximum Gasteiger partial charge on any atom is 0.0906 e. The van der Waals surface area contributed by atoms with Crippen molar-refractivity contribution in [2.24, 2.45) is 5.92 Å². The highest BCUT2D eigenvalue weighted by Gasteiger charge is 2.21. The van der Waals surface area contributed by atoms with E-state index in [0.29, 0.717) is 12.3 Å². The molecule has 0 aliphatic heterocycles. The van der Waals surface area contributed by atoms with Gasteiger partial charge >= 0.3 is 0 Å². The lowest BCUT2D eigenvalue weighted by Crippen LogP contribution is -2.23. The van der Waals surface area contributed by atoms with Crippen LogP contribution in [0.15, 0.2) is 0 Å². The van der Waals surface area contributed by atoms with Crippen LogP contribution in [0.2, 0.25) is 0 Å². The predicted octanol–water partition coefficient (Wildman–Crippen LogP) is 1.10. The predicted molar refractivity (Wildman–Crippen MR) is 46.8 cm³/mol. The molecular formula is C9H18FNO. The lowest BCUT2D eigenvalue weighted by Gasteiger charge is -2.09. The van der Waals surface area contributed by atoms with Crippen molar-refractivity contribution in [3.05, 3.63) is 0 Å². The minimum absolute atomic E-state index is 0.0852. The first-order chi connectivity index (χ1) is 5.83. The fraction of sp³-hybridized carbons (Fsp3) is 1.00. The molecule has 0 aromatic rings. The van der Waals surface area contributed by atoms with Crippen LogP contribution in [-0.2, 0) is 0 Å². The molecule has 0 bridgehead atoms. The number of aliphatic hydroxyl groups excluding tert-OH is 1. The molecule has 12 heavy (non-hydrogen) atoms. The van der Waals surface area contributed by atoms with E-state index in [1.54, 1.807) is 0 Å². The second kappa shape index (κ2) is 5.49. The molecule has 0 saturated heterocycles. The normalized spacial score (nSPS) is 29.5. The number of hydrogen-bond acceptors (Lipinski definition) is 2. The van der Waals surface area contributed by atoms with E-state index in [1.807, 2.05) is 0 Å². The summed E-state index contributed by atoms with van der Waals surface area (Å²) in [6.45, 7) is 1.47. The summed E-state index contributed by atoms with van der Waals surface area (Å²) in [6.07, 6.45) is 3.50. The van der Waals surface area contributed by atoms with Crippen molar-refractivity contribution in [1.82, 2.24) is 5.32 Å². The smallest absolute Gasteiger partial charge is 0.0906 e. The van der Waals surface area contributed by atoms with Crippen LogP contribution in [0.25, 0.3) is 0 Å². The number of aliphatic hydroxyl groups is 1. The molecule has 1 saturated carbocycles. The van der Waals surface area contributed by atoms with Crippen LogP contribution < -0.4 is 5.32 Å². The lowest BCUT2D eigenvalue weighted by atomic mass is 10.1. The van der Waals surface area contributed by atoms with Crippen LogP contribution >= 0.6 is 0 Å². The highest BCUT2D eigenvalue weighted by Crippen LogP contribution is 2.24. The highest BCUT2D eigenvalue weighted by molar-refractivity contribution is 4.75. The number of halogens is 1. The van der Waals surface area contributed by atoms with Gasteiger partial charge in [0.05, 0.1) is 12.8 Å². The van der Waals surface area contributed by atoms with Crippen LogP contribution in [0.5, 0.6) is 0 Å². The van der Waals surface area contributed by atoms with Crippen molar-refractivity contribution in [3.8, 4) is 0 Å². The molecule has 3 heteroatoms. The van der Waals surface area contributed by atoms with E-state index in [2.05, 4.69) is 5.32 Å². The van der Waals surface area contributed by atoms with Gasteiger partial charge in [0.2, 0.25) is 0 Å². The Kier molecular flexibility index (Phi) is 4.54. The van der Waals surface area contributed by atoms with Gasteiger partial charge in [0.25, 0.3) is 0 Å². The summed E-state index contributed by atoms with van der Waals surface area (Å²) < 4.78 is 11.7. The Hall–Kier alpha value is -0.150. The Labute approximate surface area is 73.2 Å². The molecule has 1 aliphatic rings. The highest BCUT2D eigenvalue weighted by atomic mass is 19.1. The first-order valence-electron chi connectivity index (χ1n) is 4.77. The summed E-state index contributed by atoms with van der Waals surface area (Å²) in [5.41, 5.74) is 0. The second-order valence-corrected chi connectivity index (χ2v) is 3.58. The van der Waals surface area contributed by atoms with Gasteiger partial charge in [-0.1, -0.05) is 0 Å². The molecule has 1 fully saturated rings. The van der Waals surface area contributed by atoms with Gasteiger partial charge in [0, 0.05) is 0 Å². The quantitative estimate of drug-likeness (QED) is 0.613. The summed E-state index contributed by atoms with van der Waals surface area (Å²) in [5, 5.41) is 12.4. The minimum Gasteiger partial charge on any atom is -0.393 e. The third-order valence-electron chi connectivity index (χ3n) is 2.43. The van der Waals surface area contributed by atoms with Crippen molar-refractivity contribution >= 4 is 0 Å². The molecule has 0 amide bonds. The lowest BCUT2D eigenvalue weighted by molar-refractivity contribution is 0.177. The zero-order chi connectivity index (χ0) is 8.81. The molecule has 0 radical (unpaired) electrons. The van der Waals surface area contributed by atoms with Crippen molar-refractivity contribution < 1.29 is 9.50 Å². The average molecular weight is 175 g/mol. The molecule has 0 heterocycles. The molecule has 72 valence electrons. The van der Waals surface area contributed by atoms with E-state index in [-0.39, 0.29) is 12.8 Å². The SMILES string of the molecule is OC1CCC(CNCCCF)C1. The van der Waals surface area contributed by atoms with E-state index in [9.17, 15) is 9.50 Å². The van der Waals surface area contributed by atoms with Gasteiger partial charge in [-0.15, -0.1) is 0 Å². The van der Waals surface area contributed by atoms with Gasteiger partial charge in [-0.3, -0.25) is 4.39 Å². The van der Waals surface area contributed by atoms with Crippen molar-refractivity contribution in [1.29, 1.82) is 0 Å². The number of nitrogens with one attached hydrogen (secondary N) is 1. The van der Waals surface area contributed by atoms with Gasteiger partial charge in [0.15, 0.2) is 0 Å². The summed E-state index contributed by atoms with van der Waals surface area (Å²) in [5.74, 6) is 0.611. The molecule has 0 aromatic heterocycles. The Morgan fingerprint density at radius 3 is 2.83 bits per heavy atom. The Morgan fingerprint density at radius 1 is 1.42 bits per heavy atom. The second-order valence-electron chi connectivity index (χ2n) is 3.58. The number of alkyl halides is 1. The van der Waals surface area contributed by atoms with Gasteiger partial charge < -0.3 is 10.4 Å². The molecule has 2 unspecified atom stereocenters. The fourth-order valence-corrected chi connectivity index (χ4v) is 1.73. The van der Waals surface area contributed by atoms with E-state index >= 15 is 0 Å². The average Bonchev–Trinajstić information content (AvgIpc) is 2.45. The summed E-state index contributed by atoms with van der Waals surface area (Å²) in [6, 6.07) is 0. The zero-order valence-electron chi connectivity index (χ0n) is 7.43. The van der Waals surface area contributed by atoms with E-state index < -0.39 is 0 Å². The van der Waals surface area contributed by atoms with Gasteiger partial charge in [-0.25, -0.2) is 0 Å². The van der Waals surface area contributed by atoms with Crippen molar-refractivity contribution in [2.45, 2.75) is 31.8 Å². The largest absolute Gasteiger partial charge is 0.393 e. The Balaban J connectivity index is 1.93. The molecule has 2 N–H and O–H groups in total. The molecule has 0 aromatic carbocycles. The van der Waals surface area contributed by atoms with Crippen LogP contribution in [0, 0.1) is 5.92 Å². The molecular weight excluding hydrogens is 157 g/mol. The Bertz CT molecular complexity index is 121. The molecule has 0 spiro atoms. The Morgan fingerprint density at radius 2 is 2.25 bits per heavy atom. The first-order valence-corrected chi connectivity index (χ1v) is 4.77. The number of rotatable bonds is 5. The fourth-order valence-electron chi connectivity index (χ4n) is 1.73. The topological polar surface area (TPSA) is 32.3 Å². The molecule has 1 aliphatic carbocycles. The first kappa shape index (κ1) is 9.93. The standard InChI is InChI=1S/C9H18FNO/c10-4-1-5-11-7-8-2-3-9(12)6-8/h8-9,11-12H,1-7H2. The minimum atomic E-state index is -0.236. The van der Waals surface area contributed by atoms with Crippen LogP contribution in [0.1, 0.15) is 25.7 Å². The third kappa shape index (κ3) is 3.50. The van der Waals surface area contributed by atoms with Crippen molar-refractivity contribution in [2.75, 3.05) is 19.8 Å². The maximum atomic E-state index is 11.7. The number of hydrogen-bond donors (Lipinski definition) is 2. The maximum absolute atomic E-state index is 11.7. The van der Waals surface area contributed by atoms with Gasteiger partial charge in [-0.05, 0) is 44.7 Å². The third-order valence-corrected chi connectivity index (χ3v) is 2.43. The monoisotopic (exact) mass is 175 g/mol. The summed E-state index contributed by atoms with van der Waals surface area (Å²) in [7, 11) is 0. The van der Waals surface area contributed by atoms with E-state index in [4.69, 9.17) is 0 Å². The van der Waals surface area contributed by atoms with Gasteiger partial charge in [0.1, 0.15) is 0 Å². The van der Waals surface area contributed by atoms with Crippen LogP contribution in [-0.4, -0.2) is 31.0 Å².